The van der Waals surface area contributed by atoms with E-state index in [1.807, 2.05) is 6.07 Å². The lowest BCUT2D eigenvalue weighted by molar-refractivity contribution is -0.142. The van der Waals surface area contributed by atoms with Crippen LogP contribution in [0.3, 0.4) is 0 Å². The van der Waals surface area contributed by atoms with E-state index in [9.17, 15) is 4.79 Å². The molecule has 100 valence electrons. The molecular formula is C14H16N2O3. The number of aliphatic carboxylic acids is 1. The van der Waals surface area contributed by atoms with Crippen molar-refractivity contribution in [3.05, 3.63) is 23.8 Å². The van der Waals surface area contributed by atoms with Crippen LogP contribution in [0.5, 0.6) is 5.75 Å². The van der Waals surface area contributed by atoms with Crippen molar-refractivity contribution in [2.75, 3.05) is 25.1 Å². The maximum atomic E-state index is 10.9. The highest BCUT2D eigenvalue weighted by atomic mass is 16.5. The number of anilines is 1. The number of methoxy groups -OCH3 is 1. The molecule has 0 aliphatic carbocycles. The topological polar surface area (TPSA) is 73.6 Å². The molecule has 0 unspecified atom stereocenters. The van der Waals surface area contributed by atoms with E-state index in [0.717, 1.165) is 5.69 Å². The van der Waals surface area contributed by atoms with Gasteiger partial charge in [0.15, 0.2) is 0 Å². The summed E-state index contributed by atoms with van der Waals surface area (Å²) in [6.07, 6.45) is 1.22. The largest absolute Gasteiger partial charge is 0.497 e. The van der Waals surface area contributed by atoms with Gasteiger partial charge in [0, 0.05) is 19.2 Å². The molecule has 0 amide bonds. The molecule has 0 saturated carbocycles. The Morgan fingerprint density at radius 3 is 2.68 bits per heavy atom. The number of carboxylic acid groups (broad SMARTS) is 1. The zero-order valence-corrected chi connectivity index (χ0v) is 10.8. The smallest absolute Gasteiger partial charge is 0.306 e. The number of carbonyl (C=O) groups is 1. The summed E-state index contributed by atoms with van der Waals surface area (Å²) in [5.41, 5.74) is 1.42. The molecule has 5 nitrogen and oxygen atoms in total. The van der Waals surface area contributed by atoms with Crippen LogP contribution in [-0.4, -0.2) is 31.3 Å². The van der Waals surface area contributed by atoms with Gasteiger partial charge in [-0.3, -0.25) is 4.79 Å². The van der Waals surface area contributed by atoms with Crippen molar-refractivity contribution < 1.29 is 14.6 Å². The Labute approximate surface area is 112 Å². The molecule has 0 spiro atoms. The van der Waals surface area contributed by atoms with Crippen molar-refractivity contribution >= 4 is 11.7 Å². The van der Waals surface area contributed by atoms with E-state index in [0.29, 0.717) is 37.2 Å². The molecule has 5 heteroatoms. The number of nitrogens with zero attached hydrogens (tertiary/aromatic N) is 2. The third-order valence-corrected chi connectivity index (χ3v) is 3.51. The van der Waals surface area contributed by atoms with Crippen LogP contribution in [0.1, 0.15) is 18.4 Å². The molecule has 2 rings (SSSR count). The first kappa shape index (κ1) is 13.2. The monoisotopic (exact) mass is 260 g/mol. The predicted molar refractivity (Wildman–Crippen MR) is 70.3 cm³/mol. The van der Waals surface area contributed by atoms with Crippen LogP contribution < -0.4 is 9.64 Å². The summed E-state index contributed by atoms with van der Waals surface area (Å²) in [5.74, 6) is -0.299. The Hall–Kier alpha value is -2.22. The van der Waals surface area contributed by atoms with E-state index < -0.39 is 5.97 Å². The molecule has 19 heavy (non-hydrogen) atoms. The second kappa shape index (κ2) is 5.61. The molecule has 1 fully saturated rings. The molecular weight excluding hydrogens is 244 g/mol. The van der Waals surface area contributed by atoms with E-state index in [4.69, 9.17) is 15.1 Å². The fraction of sp³-hybridized carbons (Fsp3) is 0.429. The summed E-state index contributed by atoms with van der Waals surface area (Å²) >= 11 is 0. The predicted octanol–water partition coefficient (Wildman–Crippen LogP) is 1.87. The van der Waals surface area contributed by atoms with Gasteiger partial charge in [-0.05, 0) is 25.0 Å². The Kier molecular flexibility index (Phi) is 3.91. The molecule has 1 aliphatic rings. The quantitative estimate of drug-likeness (QED) is 0.898. The number of piperidine rings is 1. The Balaban J connectivity index is 2.19. The lowest BCUT2D eigenvalue weighted by Gasteiger charge is -2.32. The third-order valence-electron chi connectivity index (χ3n) is 3.51. The first-order valence-corrected chi connectivity index (χ1v) is 6.21. The van der Waals surface area contributed by atoms with E-state index >= 15 is 0 Å². The van der Waals surface area contributed by atoms with E-state index in [1.165, 1.54) is 0 Å². The van der Waals surface area contributed by atoms with Crippen LogP contribution in [0.25, 0.3) is 0 Å². The highest BCUT2D eigenvalue weighted by Gasteiger charge is 2.25. The number of ether oxygens (including phenoxy) is 1. The van der Waals surface area contributed by atoms with Crippen molar-refractivity contribution in [1.29, 1.82) is 5.26 Å². The van der Waals surface area contributed by atoms with Crippen LogP contribution in [0.4, 0.5) is 5.69 Å². The number of benzene rings is 1. The lowest BCUT2D eigenvalue weighted by atomic mass is 9.96. The van der Waals surface area contributed by atoms with Gasteiger partial charge in [-0.1, -0.05) is 0 Å². The minimum Gasteiger partial charge on any atom is -0.497 e. The molecule has 0 radical (unpaired) electrons. The summed E-state index contributed by atoms with van der Waals surface area (Å²) in [6, 6.07) is 7.49. The number of hydrogen-bond acceptors (Lipinski definition) is 4. The fourth-order valence-electron chi connectivity index (χ4n) is 2.36. The van der Waals surface area contributed by atoms with Crippen LogP contribution in [0.15, 0.2) is 18.2 Å². The van der Waals surface area contributed by atoms with Gasteiger partial charge in [-0.15, -0.1) is 0 Å². The zero-order chi connectivity index (χ0) is 13.8. The maximum Gasteiger partial charge on any atom is 0.306 e. The van der Waals surface area contributed by atoms with E-state index in [1.54, 1.807) is 19.2 Å². The van der Waals surface area contributed by atoms with Gasteiger partial charge in [0.2, 0.25) is 0 Å². The molecule has 1 saturated heterocycles. The van der Waals surface area contributed by atoms with Crippen molar-refractivity contribution in [1.82, 2.24) is 0 Å². The van der Waals surface area contributed by atoms with Gasteiger partial charge < -0.3 is 14.7 Å². The normalized spacial score (nSPS) is 15.9. The molecule has 0 aromatic heterocycles. The van der Waals surface area contributed by atoms with Crippen LogP contribution in [0.2, 0.25) is 0 Å². The average molecular weight is 260 g/mol. The zero-order valence-electron chi connectivity index (χ0n) is 10.8. The Morgan fingerprint density at radius 2 is 2.16 bits per heavy atom. The minimum atomic E-state index is -0.731. The molecule has 0 bridgehead atoms. The molecule has 1 aromatic rings. The number of nitriles is 1. The fourth-order valence-corrected chi connectivity index (χ4v) is 2.36. The molecule has 0 atom stereocenters. The van der Waals surface area contributed by atoms with Crippen molar-refractivity contribution in [2.24, 2.45) is 5.92 Å². The van der Waals surface area contributed by atoms with E-state index in [2.05, 4.69) is 11.0 Å². The number of rotatable bonds is 3. The summed E-state index contributed by atoms with van der Waals surface area (Å²) in [5, 5.41) is 18.1. The molecule has 1 N–H and O–H groups in total. The number of carboxylic acids is 1. The van der Waals surface area contributed by atoms with Crippen molar-refractivity contribution in [3.63, 3.8) is 0 Å². The summed E-state index contributed by atoms with van der Waals surface area (Å²) < 4.78 is 5.17. The SMILES string of the molecule is COc1ccc(C#N)c(N2CCC(C(=O)O)CC2)c1. The van der Waals surface area contributed by atoms with E-state index in [-0.39, 0.29) is 5.92 Å². The van der Waals surface area contributed by atoms with Gasteiger partial charge in [0.25, 0.3) is 0 Å². The Morgan fingerprint density at radius 1 is 1.47 bits per heavy atom. The summed E-state index contributed by atoms with van der Waals surface area (Å²) in [7, 11) is 1.59. The molecule has 1 heterocycles. The summed E-state index contributed by atoms with van der Waals surface area (Å²) in [6.45, 7) is 1.30. The average Bonchev–Trinajstić information content (AvgIpc) is 2.46. The van der Waals surface area contributed by atoms with Gasteiger partial charge in [-0.25, -0.2) is 0 Å². The minimum absolute atomic E-state index is 0.271. The Bertz CT molecular complexity index is 514. The first-order valence-electron chi connectivity index (χ1n) is 6.21. The van der Waals surface area contributed by atoms with Crippen LogP contribution in [0, 0.1) is 17.2 Å². The van der Waals surface area contributed by atoms with Gasteiger partial charge in [0.05, 0.1) is 24.3 Å². The van der Waals surface area contributed by atoms with Crippen molar-refractivity contribution in [2.45, 2.75) is 12.8 Å². The maximum absolute atomic E-state index is 10.9. The standard InChI is InChI=1S/C14H16N2O3/c1-19-12-3-2-11(9-15)13(8-12)16-6-4-10(5-7-16)14(17)18/h2-3,8,10H,4-7H2,1H3,(H,17,18). The van der Waals surface area contributed by atoms with Gasteiger partial charge in [0.1, 0.15) is 11.8 Å². The van der Waals surface area contributed by atoms with Crippen LogP contribution >= 0.6 is 0 Å². The highest BCUT2D eigenvalue weighted by Crippen LogP contribution is 2.29. The first-order chi connectivity index (χ1) is 9.15. The van der Waals surface area contributed by atoms with Crippen LogP contribution in [-0.2, 0) is 4.79 Å². The second-order valence-electron chi connectivity index (χ2n) is 4.59. The molecule has 1 aliphatic heterocycles. The lowest BCUT2D eigenvalue weighted by Crippen LogP contribution is -2.36. The van der Waals surface area contributed by atoms with Gasteiger partial charge in [-0.2, -0.15) is 5.26 Å². The van der Waals surface area contributed by atoms with Gasteiger partial charge >= 0.3 is 5.97 Å². The third kappa shape index (κ3) is 2.79. The number of hydrogen-bond donors (Lipinski definition) is 1. The summed E-state index contributed by atoms with van der Waals surface area (Å²) in [4.78, 5) is 13.0. The van der Waals surface area contributed by atoms with Crippen molar-refractivity contribution in [3.8, 4) is 11.8 Å². The second-order valence-corrected chi connectivity index (χ2v) is 4.59. The molecule has 1 aromatic carbocycles. The highest BCUT2D eigenvalue weighted by molar-refractivity contribution is 5.71.